The predicted octanol–water partition coefficient (Wildman–Crippen LogP) is 1.82. The van der Waals surface area contributed by atoms with Crippen LogP contribution in [0.4, 0.5) is 0 Å². The van der Waals surface area contributed by atoms with E-state index in [0.717, 1.165) is 5.56 Å². The van der Waals surface area contributed by atoms with Crippen LogP contribution in [0.25, 0.3) is 0 Å². The summed E-state index contributed by atoms with van der Waals surface area (Å²) in [5.41, 5.74) is 0.769. The van der Waals surface area contributed by atoms with Crippen LogP contribution < -0.4 is 5.32 Å². The van der Waals surface area contributed by atoms with Crippen LogP contribution in [0.5, 0.6) is 0 Å². The van der Waals surface area contributed by atoms with Gasteiger partial charge in [0.25, 0.3) is 0 Å². The lowest BCUT2D eigenvalue weighted by Crippen LogP contribution is -2.30. The van der Waals surface area contributed by atoms with Gasteiger partial charge in [0, 0.05) is 17.0 Å². The van der Waals surface area contributed by atoms with Gasteiger partial charge in [0.15, 0.2) is 9.84 Å². The standard InChI is InChI=1S/C11H14ClNO2S/c1-7(13-2)8-6-16(14,15)10-5-3-4-9(12)11(8)10/h3-5,7-8,13H,6H2,1-2H3. The fourth-order valence-corrected chi connectivity index (χ4v) is 4.51. The number of sulfone groups is 1. The van der Waals surface area contributed by atoms with E-state index in [1.807, 2.05) is 14.0 Å². The van der Waals surface area contributed by atoms with E-state index in [1.165, 1.54) is 0 Å². The first-order valence-electron chi connectivity index (χ1n) is 5.16. The zero-order valence-electron chi connectivity index (χ0n) is 9.20. The van der Waals surface area contributed by atoms with Crippen molar-refractivity contribution in [2.24, 2.45) is 0 Å². The molecule has 0 spiro atoms. The molecule has 88 valence electrons. The van der Waals surface area contributed by atoms with E-state index in [-0.39, 0.29) is 17.7 Å². The van der Waals surface area contributed by atoms with Crippen LogP contribution in [0.2, 0.25) is 5.02 Å². The summed E-state index contributed by atoms with van der Waals surface area (Å²) < 4.78 is 23.9. The molecule has 1 aromatic rings. The Balaban J connectivity index is 2.61. The second kappa shape index (κ2) is 4.02. The highest BCUT2D eigenvalue weighted by Crippen LogP contribution is 2.40. The Morgan fingerprint density at radius 1 is 1.50 bits per heavy atom. The molecule has 0 bridgehead atoms. The normalized spacial score (nSPS) is 24.1. The molecule has 16 heavy (non-hydrogen) atoms. The average molecular weight is 260 g/mol. The quantitative estimate of drug-likeness (QED) is 0.881. The van der Waals surface area contributed by atoms with Gasteiger partial charge in [-0.1, -0.05) is 17.7 Å². The first kappa shape index (κ1) is 11.9. The second-order valence-corrected chi connectivity index (χ2v) is 6.53. The van der Waals surface area contributed by atoms with Crippen molar-refractivity contribution < 1.29 is 8.42 Å². The largest absolute Gasteiger partial charge is 0.317 e. The summed E-state index contributed by atoms with van der Waals surface area (Å²) in [5, 5.41) is 3.64. The van der Waals surface area contributed by atoms with Crippen molar-refractivity contribution in [1.82, 2.24) is 5.32 Å². The number of benzene rings is 1. The lowest BCUT2D eigenvalue weighted by Gasteiger charge is -2.18. The van der Waals surface area contributed by atoms with Crippen LogP contribution in [0.1, 0.15) is 18.4 Å². The molecule has 0 radical (unpaired) electrons. The van der Waals surface area contributed by atoms with Gasteiger partial charge in [-0.15, -0.1) is 0 Å². The number of hydrogen-bond acceptors (Lipinski definition) is 3. The van der Waals surface area contributed by atoms with Crippen molar-refractivity contribution in [1.29, 1.82) is 0 Å². The van der Waals surface area contributed by atoms with Crippen LogP contribution in [-0.2, 0) is 9.84 Å². The number of nitrogens with one attached hydrogen (secondary N) is 1. The van der Waals surface area contributed by atoms with Gasteiger partial charge < -0.3 is 5.32 Å². The minimum Gasteiger partial charge on any atom is -0.317 e. The van der Waals surface area contributed by atoms with Crippen LogP contribution in [-0.4, -0.2) is 27.3 Å². The van der Waals surface area contributed by atoms with Crippen molar-refractivity contribution in [3.63, 3.8) is 0 Å². The number of likely N-dealkylation sites (N-methyl/N-ethyl adjacent to an activating group) is 1. The van der Waals surface area contributed by atoms with E-state index in [0.29, 0.717) is 9.92 Å². The number of hydrogen-bond donors (Lipinski definition) is 1. The van der Waals surface area contributed by atoms with Gasteiger partial charge in [0.05, 0.1) is 10.6 Å². The minimum absolute atomic E-state index is 0.0568. The van der Waals surface area contributed by atoms with E-state index in [2.05, 4.69) is 5.32 Å². The molecule has 2 atom stereocenters. The molecule has 5 heteroatoms. The monoisotopic (exact) mass is 259 g/mol. The summed E-state index contributed by atoms with van der Waals surface area (Å²) in [6, 6.07) is 5.16. The molecule has 1 aliphatic rings. The molecule has 0 fully saturated rings. The highest BCUT2D eigenvalue weighted by atomic mass is 35.5. The Morgan fingerprint density at radius 3 is 2.81 bits per heavy atom. The van der Waals surface area contributed by atoms with E-state index >= 15 is 0 Å². The third kappa shape index (κ3) is 1.75. The van der Waals surface area contributed by atoms with Gasteiger partial charge in [-0.05, 0) is 31.7 Å². The van der Waals surface area contributed by atoms with Crippen molar-refractivity contribution in [2.75, 3.05) is 12.8 Å². The number of halogens is 1. The summed E-state index contributed by atoms with van der Waals surface area (Å²) in [4.78, 5) is 0.395. The Bertz CT molecular complexity index is 513. The molecule has 1 aromatic carbocycles. The zero-order chi connectivity index (χ0) is 11.9. The van der Waals surface area contributed by atoms with E-state index in [4.69, 9.17) is 11.6 Å². The van der Waals surface area contributed by atoms with Gasteiger partial charge in [0.2, 0.25) is 0 Å². The first-order valence-corrected chi connectivity index (χ1v) is 7.19. The molecule has 0 aliphatic carbocycles. The van der Waals surface area contributed by atoms with Crippen molar-refractivity contribution in [3.8, 4) is 0 Å². The van der Waals surface area contributed by atoms with Gasteiger partial charge in [-0.25, -0.2) is 8.42 Å². The number of rotatable bonds is 2. The molecule has 0 saturated heterocycles. The molecule has 3 nitrogen and oxygen atoms in total. The molecular formula is C11H14ClNO2S. The molecule has 2 rings (SSSR count). The van der Waals surface area contributed by atoms with Gasteiger partial charge in [0.1, 0.15) is 0 Å². The summed E-state index contributed by atoms with van der Waals surface area (Å²) in [5.74, 6) is 0.0901. The first-order chi connectivity index (χ1) is 7.47. The van der Waals surface area contributed by atoms with Crippen molar-refractivity contribution in [2.45, 2.75) is 23.8 Å². The molecular weight excluding hydrogens is 246 g/mol. The van der Waals surface area contributed by atoms with Gasteiger partial charge in [-0.2, -0.15) is 0 Å². The highest BCUT2D eigenvalue weighted by Gasteiger charge is 2.38. The van der Waals surface area contributed by atoms with Gasteiger partial charge >= 0.3 is 0 Å². The summed E-state index contributed by atoms with van der Waals surface area (Å²) in [6.07, 6.45) is 0. The lowest BCUT2D eigenvalue weighted by molar-refractivity contribution is 0.525. The summed E-state index contributed by atoms with van der Waals surface area (Å²) >= 11 is 6.10. The van der Waals surface area contributed by atoms with E-state index < -0.39 is 9.84 Å². The third-order valence-corrected chi connectivity index (χ3v) is 5.33. The highest BCUT2D eigenvalue weighted by molar-refractivity contribution is 7.91. The van der Waals surface area contributed by atoms with Crippen molar-refractivity contribution >= 4 is 21.4 Å². The van der Waals surface area contributed by atoms with E-state index in [9.17, 15) is 8.42 Å². The second-order valence-electron chi connectivity index (χ2n) is 4.12. The maximum Gasteiger partial charge on any atom is 0.179 e. The van der Waals surface area contributed by atoms with Crippen LogP contribution in [0.3, 0.4) is 0 Å². The minimum atomic E-state index is -3.16. The topological polar surface area (TPSA) is 46.2 Å². The molecule has 0 amide bonds. The smallest absolute Gasteiger partial charge is 0.179 e. The number of fused-ring (bicyclic) bond motifs is 1. The van der Waals surface area contributed by atoms with Crippen LogP contribution in [0, 0.1) is 0 Å². The maximum atomic E-state index is 11.9. The Morgan fingerprint density at radius 2 is 2.19 bits per heavy atom. The van der Waals surface area contributed by atoms with E-state index in [1.54, 1.807) is 18.2 Å². The fraction of sp³-hybridized carbons (Fsp3) is 0.455. The van der Waals surface area contributed by atoms with Crippen LogP contribution in [0.15, 0.2) is 23.1 Å². The molecule has 1 aliphatic heterocycles. The van der Waals surface area contributed by atoms with Crippen molar-refractivity contribution in [3.05, 3.63) is 28.8 Å². The maximum absolute atomic E-state index is 11.9. The Kier molecular flexibility index (Phi) is 2.99. The molecule has 2 unspecified atom stereocenters. The van der Waals surface area contributed by atoms with Gasteiger partial charge in [-0.3, -0.25) is 0 Å². The SMILES string of the molecule is CNC(C)C1CS(=O)(=O)c2cccc(Cl)c21. The Hall–Kier alpha value is -0.580. The summed E-state index contributed by atoms with van der Waals surface area (Å²) in [7, 11) is -1.33. The Labute approximate surface area is 101 Å². The fourth-order valence-electron chi connectivity index (χ4n) is 2.15. The summed E-state index contributed by atoms with van der Waals surface area (Å²) in [6.45, 7) is 1.97. The van der Waals surface area contributed by atoms with Crippen LogP contribution >= 0.6 is 11.6 Å². The molecule has 1 N–H and O–H groups in total. The lowest BCUT2D eigenvalue weighted by atomic mass is 9.94. The predicted molar refractivity (Wildman–Crippen MR) is 64.8 cm³/mol. The molecule has 0 aromatic heterocycles. The molecule has 1 heterocycles. The average Bonchev–Trinajstić information content (AvgIpc) is 2.52. The molecule has 0 saturated carbocycles. The third-order valence-electron chi connectivity index (χ3n) is 3.18. The zero-order valence-corrected chi connectivity index (χ0v) is 10.8.